The van der Waals surface area contributed by atoms with E-state index in [1.54, 1.807) is 42.5 Å². The third-order valence-electron chi connectivity index (χ3n) is 5.82. The predicted molar refractivity (Wildman–Crippen MR) is 147 cm³/mol. The third-order valence-corrected chi connectivity index (χ3v) is 9.22. The van der Waals surface area contributed by atoms with Gasteiger partial charge in [0, 0.05) is 23.8 Å². The fraction of sp³-hybridized carbons (Fsp3) is 0.143. The van der Waals surface area contributed by atoms with Gasteiger partial charge in [-0.2, -0.15) is 4.31 Å². The minimum absolute atomic E-state index is 0.187. The van der Waals surface area contributed by atoms with Crippen LogP contribution in [-0.4, -0.2) is 27.4 Å². The summed E-state index contributed by atoms with van der Waals surface area (Å²) in [5.41, 5.74) is 4.31. The van der Waals surface area contributed by atoms with Crippen LogP contribution in [0.5, 0.6) is 0 Å². The molecule has 0 radical (unpaired) electrons. The number of rotatable bonds is 8. The maximum atomic E-state index is 13.6. The van der Waals surface area contributed by atoms with Gasteiger partial charge in [0.15, 0.2) is 9.84 Å². The Morgan fingerprint density at radius 3 is 1.94 bits per heavy atom. The number of halogens is 1. The zero-order chi connectivity index (χ0) is 25.9. The molecule has 0 aliphatic carbocycles. The number of sulfonamides is 1. The summed E-state index contributed by atoms with van der Waals surface area (Å²) in [5, 5.41) is 0. The molecule has 0 N–H and O–H groups in total. The van der Waals surface area contributed by atoms with Crippen molar-refractivity contribution in [1.82, 2.24) is 4.31 Å². The molecule has 5 nitrogen and oxygen atoms in total. The molecule has 0 aliphatic rings. The lowest BCUT2D eigenvalue weighted by Crippen LogP contribution is -2.30. The first-order valence-electron chi connectivity index (χ1n) is 11.2. The van der Waals surface area contributed by atoms with E-state index >= 15 is 0 Å². The smallest absolute Gasteiger partial charge is 0.224 e. The summed E-state index contributed by atoms with van der Waals surface area (Å²) in [5.74, 6) is 0. The molecule has 8 heteroatoms. The summed E-state index contributed by atoms with van der Waals surface area (Å²) in [6.45, 7) is 2.32. The predicted octanol–water partition coefficient (Wildman–Crippen LogP) is 6.22. The lowest BCUT2D eigenvalue weighted by atomic mass is 10.0. The molecule has 4 rings (SSSR count). The maximum absolute atomic E-state index is 13.6. The van der Waals surface area contributed by atoms with E-state index in [2.05, 4.69) is 15.9 Å². The Hall–Kier alpha value is -2.78. The Morgan fingerprint density at radius 2 is 1.31 bits per heavy atom. The van der Waals surface area contributed by atoms with Gasteiger partial charge in [-0.15, -0.1) is 0 Å². The second-order valence-electron chi connectivity index (χ2n) is 8.71. The summed E-state index contributed by atoms with van der Waals surface area (Å²) in [7, 11) is -7.07. The largest absolute Gasteiger partial charge is 0.243 e. The van der Waals surface area contributed by atoms with Crippen molar-refractivity contribution in [3.8, 4) is 11.1 Å². The highest BCUT2D eigenvalue weighted by molar-refractivity contribution is 9.10. The third kappa shape index (κ3) is 6.31. The molecule has 0 aromatic heterocycles. The molecule has 4 aromatic carbocycles. The summed E-state index contributed by atoms with van der Waals surface area (Å²) in [4.78, 5) is 0.505. The SMILES string of the molecule is Cc1ccc(S(=O)(=O)N(Cc2ccc(-c3cccc(S(C)(=O)=O)c3)cc2)Cc2cccc(Br)c2)cc1. The van der Waals surface area contributed by atoms with Gasteiger partial charge < -0.3 is 0 Å². The Kier molecular flexibility index (Phi) is 7.80. The number of sulfone groups is 1. The fourth-order valence-corrected chi connectivity index (χ4v) is 6.37. The number of hydrogen-bond donors (Lipinski definition) is 0. The Labute approximate surface area is 221 Å². The van der Waals surface area contributed by atoms with Crippen LogP contribution < -0.4 is 0 Å². The van der Waals surface area contributed by atoms with Crippen molar-refractivity contribution >= 4 is 35.8 Å². The van der Waals surface area contributed by atoms with E-state index in [1.165, 1.54) is 10.6 Å². The van der Waals surface area contributed by atoms with E-state index in [0.717, 1.165) is 32.3 Å². The fourth-order valence-electron chi connectivity index (χ4n) is 3.84. The molecule has 0 fully saturated rings. The van der Waals surface area contributed by atoms with E-state index in [9.17, 15) is 16.8 Å². The molecular weight excluding hydrogens is 558 g/mol. The first-order valence-corrected chi connectivity index (χ1v) is 15.4. The van der Waals surface area contributed by atoms with Crippen molar-refractivity contribution in [2.45, 2.75) is 29.8 Å². The van der Waals surface area contributed by atoms with Crippen molar-refractivity contribution < 1.29 is 16.8 Å². The summed E-state index contributed by atoms with van der Waals surface area (Å²) >= 11 is 3.46. The van der Waals surface area contributed by atoms with Crippen LogP contribution in [0.1, 0.15) is 16.7 Å². The minimum atomic E-state index is -3.76. The average Bonchev–Trinajstić information content (AvgIpc) is 2.84. The molecule has 0 spiro atoms. The van der Waals surface area contributed by atoms with Crippen LogP contribution in [0.2, 0.25) is 0 Å². The van der Waals surface area contributed by atoms with Gasteiger partial charge >= 0.3 is 0 Å². The molecule has 186 valence electrons. The Balaban J connectivity index is 1.65. The number of benzene rings is 4. The summed E-state index contributed by atoms with van der Waals surface area (Å²) in [6, 6.07) is 28.8. The molecule has 0 aliphatic heterocycles. The van der Waals surface area contributed by atoms with Gasteiger partial charge in [-0.25, -0.2) is 16.8 Å². The van der Waals surface area contributed by atoms with Crippen LogP contribution >= 0.6 is 15.9 Å². The zero-order valence-electron chi connectivity index (χ0n) is 19.9. The number of aryl methyl sites for hydroxylation is 1. The van der Waals surface area contributed by atoms with Crippen molar-refractivity contribution in [1.29, 1.82) is 0 Å². The number of nitrogens with zero attached hydrogens (tertiary/aromatic N) is 1. The molecular formula is C28H26BrNO4S2. The van der Waals surface area contributed by atoms with Gasteiger partial charge in [-0.3, -0.25) is 0 Å². The lowest BCUT2D eigenvalue weighted by molar-refractivity contribution is 0.401. The standard InChI is InChI=1S/C28H26BrNO4S2/c1-21-9-15-27(16-10-21)36(33,34)30(20-23-5-3-7-26(29)17-23)19-22-11-13-24(14-12-22)25-6-4-8-28(18-25)35(2,31)32/h3-18H,19-20H2,1-2H3. The first kappa shape index (κ1) is 26.3. The van der Waals surface area contributed by atoms with E-state index in [4.69, 9.17) is 0 Å². The monoisotopic (exact) mass is 583 g/mol. The van der Waals surface area contributed by atoms with Gasteiger partial charge in [-0.05, 0) is 65.6 Å². The highest BCUT2D eigenvalue weighted by atomic mass is 79.9. The van der Waals surface area contributed by atoms with Crippen molar-refractivity contribution in [3.05, 3.63) is 118 Å². The second kappa shape index (κ2) is 10.7. The van der Waals surface area contributed by atoms with Crippen LogP contribution in [-0.2, 0) is 33.0 Å². The van der Waals surface area contributed by atoms with Crippen LogP contribution in [0.25, 0.3) is 11.1 Å². The van der Waals surface area contributed by atoms with Gasteiger partial charge in [0.05, 0.1) is 9.79 Å². The lowest BCUT2D eigenvalue weighted by Gasteiger charge is -2.23. The van der Waals surface area contributed by atoms with E-state index < -0.39 is 19.9 Å². The van der Waals surface area contributed by atoms with E-state index in [1.807, 2.05) is 61.5 Å². The van der Waals surface area contributed by atoms with Crippen LogP contribution in [0.3, 0.4) is 0 Å². The summed E-state index contributed by atoms with van der Waals surface area (Å²) in [6.07, 6.45) is 1.18. The van der Waals surface area contributed by atoms with Crippen molar-refractivity contribution in [2.24, 2.45) is 0 Å². The van der Waals surface area contributed by atoms with Crippen molar-refractivity contribution in [3.63, 3.8) is 0 Å². The van der Waals surface area contributed by atoms with E-state index in [0.29, 0.717) is 0 Å². The van der Waals surface area contributed by atoms with E-state index in [-0.39, 0.29) is 22.9 Å². The topological polar surface area (TPSA) is 71.5 Å². The molecule has 4 aromatic rings. The van der Waals surface area contributed by atoms with Gasteiger partial charge in [0.2, 0.25) is 10.0 Å². The Morgan fingerprint density at radius 1 is 0.667 bits per heavy atom. The molecule has 0 amide bonds. The van der Waals surface area contributed by atoms with Gasteiger partial charge in [-0.1, -0.05) is 82.2 Å². The second-order valence-corrected chi connectivity index (χ2v) is 13.6. The van der Waals surface area contributed by atoms with Gasteiger partial charge in [0.1, 0.15) is 0 Å². The maximum Gasteiger partial charge on any atom is 0.243 e. The Bertz CT molecular complexity index is 1580. The molecule has 0 saturated carbocycles. The van der Waals surface area contributed by atoms with Crippen molar-refractivity contribution in [2.75, 3.05) is 6.26 Å². The molecule has 0 unspecified atom stereocenters. The zero-order valence-corrected chi connectivity index (χ0v) is 23.1. The number of hydrogen-bond acceptors (Lipinski definition) is 4. The normalized spacial score (nSPS) is 12.1. The quantitative estimate of drug-likeness (QED) is 0.247. The highest BCUT2D eigenvalue weighted by Gasteiger charge is 2.25. The highest BCUT2D eigenvalue weighted by Crippen LogP contribution is 2.26. The molecule has 0 heterocycles. The molecule has 0 atom stereocenters. The van der Waals surface area contributed by atoms with Crippen LogP contribution in [0.15, 0.2) is 111 Å². The minimum Gasteiger partial charge on any atom is -0.224 e. The van der Waals surface area contributed by atoms with Gasteiger partial charge in [0.25, 0.3) is 0 Å². The van der Waals surface area contributed by atoms with Crippen LogP contribution in [0.4, 0.5) is 0 Å². The van der Waals surface area contributed by atoms with Crippen LogP contribution in [0, 0.1) is 6.92 Å². The first-order chi connectivity index (χ1) is 17.0. The summed E-state index contributed by atoms with van der Waals surface area (Å²) < 4.78 is 53.4. The molecule has 0 bridgehead atoms. The average molecular weight is 585 g/mol. The molecule has 0 saturated heterocycles. The molecule has 36 heavy (non-hydrogen) atoms.